The molecule has 0 aliphatic rings. The van der Waals surface area contributed by atoms with E-state index >= 15 is 0 Å². The smallest absolute Gasteiger partial charge is 0.223 e. The van der Waals surface area contributed by atoms with Crippen LogP contribution in [0.1, 0.15) is 51.4 Å². The fourth-order valence-corrected chi connectivity index (χ4v) is 1.96. The molecule has 0 heterocycles. The van der Waals surface area contributed by atoms with E-state index in [1.807, 2.05) is 0 Å². The van der Waals surface area contributed by atoms with Crippen LogP contribution in [0.2, 0.25) is 0 Å². The molecule has 0 saturated heterocycles. The average Bonchev–Trinajstić information content (AvgIpc) is 2.41. The van der Waals surface area contributed by atoms with E-state index in [1.165, 1.54) is 0 Å². The van der Waals surface area contributed by atoms with Gasteiger partial charge in [-0.05, 0) is 12.8 Å². The predicted molar refractivity (Wildman–Crippen MR) is 80.0 cm³/mol. The van der Waals surface area contributed by atoms with Gasteiger partial charge < -0.3 is 9.69 Å². The van der Waals surface area contributed by atoms with E-state index in [9.17, 15) is 9.59 Å². The van der Waals surface area contributed by atoms with Crippen LogP contribution in [0, 0.1) is 0 Å². The zero-order chi connectivity index (χ0) is 14.3. The summed E-state index contributed by atoms with van der Waals surface area (Å²) in [5, 5.41) is 0. The molecule has 0 rings (SSSR count). The van der Waals surface area contributed by atoms with Gasteiger partial charge in [0, 0.05) is 25.9 Å². The van der Waals surface area contributed by atoms with Gasteiger partial charge in [0.15, 0.2) is 0 Å². The highest BCUT2D eigenvalue weighted by atomic mass is 16.2. The lowest BCUT2D eigenvalue weighted by Gasteiger charge is -2.19. The van der Waals surface area contributed by atoms with Gasteiger partial charge in [0.2, 0.25) is 5.91 Å². The van der Waals surface area contributed by atoms with Crippen molar-refractivity contribution in [2.45, 2.75) is 51.4 Å². The first kappa shape index (κ1) is 17.6. The molecule has 0 N–H and O–H groups in total. The topological polar surface area (TPSA) is 37.4 Å². The normalized spacial score (nSPS) is 9.89. The summed E-state index contributed by atoms with van der Waals surface area (Å²) in [5.74, 6) is 0.181. The van der Waals surface area contributed by atoms with Gasteiger partial charge in [-0.3, -0.25) is 4.79 Å². The molecule has 0 fully saturated rings. The highest BCUT2D eigenvalue weighted by molar-refractivity contribution is 5.76. The van der Waals surface area contributed by atoms with Gasteiger partial charge in [-0.2, -0.15) is 0 Å². The largest absolute Gasteiger partial charge is 0.335 e. The lowest BCUT2D eigenvalue weighted by molar-refractivity contribution is -0.130. The number of carbonyl (C=O) groups excluding carboxylic acids is 2. The summed E-state index contributed by atoms with van der Waals surface area (Å²) < 4.78 is 0. The van der Waals surface area contributed by atoms with Gasteiger partial charge in [0.05, 0.1) is 0 Å². The molecule has 0 atom stereocenters. The second kappa shape index (κ2) is 13.1. The number of rotatable bonds is 13. The van der Waals surface area contributed by atoms with Crippen LogP contribution in [0.4, 0.5) is 0 Å². The van der Waals surface area contributed by atoms with Crippen molar-refractivity contribution < 1.29 is 9.59 Å². The molecule has 3 heteroatoms. The molecule has 19 heavy (non-hydrogen) atoms. The summed E-state index contributed by atoms with van der Waals surface area (Å²) in [6, 6.07) is 0. The third-order valence-corrected chi connectivity index (χ3v) is 3.01. The standard InChI is InChI=1S/C16H27NO2/c1-3-13-17(14-4-2)16(19)12-10-8-6-5-7-9-11-15-18/h3-4,15H,1-2,5-14H2. The summed E-state index contributed by atoms with van der Waals surface area (Å²) in [6.45, 7) is 8.50. The van der Waals surface area contributed by atoms with Crippen LogP contribution in [0.15, 0.2) is 25.3 Å². The second-order valence-electron chi connectivity index (χ2n) is 4.70. The second-order valence-corrected chi connectivity index (χ2v) is 4.70. The van der Waals surface area contributed by atoms with Crippen LogP contribution in [0.25, 0.3) is 0 Å². The molecule has 1 amide bonds. The molecule has 0 aromatic heterocycles. The van der Waals surface area contributed by atoms with Crippen molar-refractivity contribution in [3.05, 3.63) is 25.3 Å². The van der Waals surface area contributed by atoms with Crippen LogP contribution in [-0.4, -0.2) is 30.2 Å². The first-order valence-electron chi connectivity index (χ1n) is 7.19. The zero-order valence-electron chi connectivity index (χ0n) is 12.0. The Morgan fingerprint density at radius 3 is 1.95 bits per heavy atom. The highest BCUT2D eigenvalue weighted by Gasteiger charge is 2.09. The van der Waals surface area contributed by atoms with Crippen molar-refractivity contribution in [1.29, 1.82) is 0 Å². The summed E-state index contributed by atoms with van der Waals surface area (Å²) in [5.41, 5.74) is 0. The molecule has 0 aliphatic heterocycles. The van der Waals surface area contributed by atoms with E-state index < -0.39 is 0 Å². The zero-order valence-corrected chi connectivity index (χ0v) is 12.0. The van der Waals surface area contributed by atoms with Crippen LogP contribution >= 0.6 is 0 Å². The monoisotopic (exact) mass is 265 g/mol. The molecule has 0 spiro atoms. The lowest BCUT2D eigenvalue weighted by Crippen LogP contribution is -2.30. The molecule has 0 aromatic carbocycles. The van der Waals surface area contributed by atoms with Crippen molar-refractivity contribution in [1.82, 2.24) is 4.90 Å². The van der Waals surface area contributed by atoms with Crippen molar-refractivity contribution in [3.8, 4) is 0 Å². The van der Waals surface area contributed by atoms with Crippen molar-refractivity contribution in [2.75, 3.05) is 13.1 Å². The minimum atomic E-state index is 0.181. The first-order chi connectivity index (χ1) is 9.26. The summed E-state index contributed by atoms with van der Waals surface area (Å²) in [7, 11) is 0. The summed E-state index contributed by atoms with van der Waals surface area (Å²) >= 11 is 0. The Labute approximate surface area is 117 Å². The quantitative estimate of drug-likeness (QED) is 0.290. The number of aldehydes is 1. The van der Waals surface area contributed by atoms with E-state index in [2.05, 4.69) is 13.2 Å². The maximum atomic E-state index is 11.9. The Bertz CT molecular complexity index is 264. The summed E-state index contributed by atoms with van der Waals surface area (Å²) in [4.78, 5) is 23.8. The fraction of sp³-hybridized carbons (Fsp3) is 0.625. The van der Waals surface area contributed by atoms with Crippen LogP contribution in [-0.2, 0) is 9.59 Å². The molecule has 0 radical (unpaired) electrons. The van der Waals surface area contributed by atoms with E-state index in [-0.39, 0.29) is 5.91 Å². The maximum Gasteiger partial charge on any atom is 0.223 e. The lowest BCUT2D eigenvalue weighted by atomic mass is 10.1. The van der Waals surface area contributed by atoms with Crippen LogP contribution in [0.5, 0.6) is 0 Å². The van der Waals surface area contributed by atoms with Gasteiger partial charge >= 0.3 is 0 Å². The van der Waals surface area contributed by atoms with E-state index in [4.69, 9.17) is 0 Å². The number of carbonyl (C=O) groups is 2. The number of amides is 1. The third kappa shape index (κ3) is 10.2. The molecular weight excluding hydrogens is 238 g/mol. The number of unbranched alkanes of at least 4 members (excludes halogenated alkanes) is 6. The van der Waals surface area contributed by atoms with Gasteiger partial charge in [-0.1, -0.05) is 37.8 Å². The summed E-state index contributed by atoms with van der Waals surface area (Å²) in [6.07, 6.45) is 12.2. The van der Waals surface area contributed by atoms with E-state index in [0.29, 0.717) is 25.9 Å². The number of hydrogen-bond acceptors (Lipinski definition) is 2. The molecular formula is C16H27NO2. The maximum absolute atomic E-state index is 11.9. The molecule has 0 bridgehead atoms. The Balaban J connectivity index is 3.57. The molecule has 3 nitrogen and oxygen atoms in total. The van der Waals surface area contributed by atoms with Crippen molar-refractivity contribution in [2.24, 2.45) is 0 Å². The average molecular weight is 265 g/mol. The molecule has 0 saturated carbocycles. The third-order valence-electron chi connectivity index (χ3n) is 3.01. The minimum Gasteiger partial charge on any atom is -0.335 e. The molecule has 0 aliphatic carbocycles. The Morgan fingerprint density at radius 1 is 0.895 bits per heavy atom. The van der Waals surface area contributed by atoms with Gasteiger partial charge in [0.25, 0.3) is 0 Å². The fourth-order valence-electron chi connectivity index (χ4n) is 1.96. The molecule has 0 unspecified atom stereocenters. The Hall–Kier alpha value is -1.38. The van der Waals surface area contributed by atoms with E-state index in [1.54, 1.807) is 17.1 Å². The predicted octanol–water partition coefficient (Wildman–Crippen LogP) is 3.51. The first-order valence-corrected chi connectivity index (χ1v) is 7.19. The van der Waals surface area contributed by atoms with Gasteiger partial charge in [0.1, 0.15) is 6.29 Å². The molecule has 108 valence electrons. The Kier molecular flexibility index (Phi) is 12.1. The highest BCUT2D eigenvalue weighted by Crippen LogP contribution is 2.09. The SMILES string of the molecule is C=CCN(CC=C)C(=O)CCCCCCCCC=O. The van der Waals surface area contributed by atoms with Crippen LogP contribution in [0.3, 0.4) is 0 Å². The van der Waals surface area contributed by atoms with Gasteiger partial charge in [-0.15, -0.1) is 13.2 Å². The van der Waals surface area contributed by atoms with Crippen molar-refractivity contribution in [3.63, 3.8) is 0 Å². The van der Waals surface area contributed by atoms with Crippen LogP contribution < -0.4 is 0 Å². The number of hydrogen-bond donors (Lipinski definition) is 0. The minimum absolute atomic E-state index is 0.181. The van der Waals surface area contributed by atoms with E-state index in [0.717, 1.165) is 44.8 Å². The Morgan fingerprint density at radius 2 is 1.42 bits per heavy atom. The molecule has 0 aromatic rings. The van der Waals surface area contributed by atoms with Crippen molar-refractivity contribution >= 4 is 12.2 Å². The van der Waals surface area contributed by atoms with Gasteiger partial charge in [-0.25, -0.2) is 0 Å². The number of nitrogens with zero attached hydrogens (tertiary/aromatic N) is 1.